The molecular formula is C23H22FN5O4. The van der Waals surface area contributed by atoms with Crippen LogP contribution in [0.25, 0.3) is 16.6 Å². The number of carboxylic acid groups (broad SMARTS) is 1. The zero-order valence-electron chi connectivity index (χ0n) is 17.8. The second-order valence-corrected chi connectivity index (χ2v) is 8.24. The van der Waals surface area contributed by atoms with Gasteiger partial charge in [0.15, 0.2) is 17.1 Å². The van der Waals surface area contributed by atoms with Crippen LogP contribution in [0.3, 0.4) is 0 Å². The van der Waals surface area contributed by atoms with Gasteiger partial charge in [-0.2, -0.15) is 0 Å². The summed E-state index contributed by atoms with van der Waals surface area (Å²) in [6.45, 7) is 1.70. The van der Waals surface area contributed by atoms with E-state index in [1.807, 2.05) is 0 Å². The summed E-state index contributed by atoms with van der Waals surface area (Å²) in [7, 11) is 0. The highest BCUT2D eigenvalue weighted by Gasteiger charge is 2.52. The van der Waals surface area contributed by atoms with Crippen LogP contribution < -0.4 is 4.74 Å². The van der Waals surface area contributed by atoms with Gasteiger partial charge in [-0.1, -0.05) is 12.1 Å². The Bertz CT molecular complexity index is 1340. The summed E-state index contributed by atoms with van der Waals surface area (Å²) in [5, 5.41) is 30.3. The van der Waals surface area contributed by atoms with Crippen molar-refractivity contribution in [2.45, 2.75) is 37.5 Å². The Morgan fingerprint density at radius 1 is 1.24 bits per heavy atom. The van der Waals surface area contributed by atoms with Gasteiger partial charge in [0.1, 0.15) is 23.1 Å². The van der Waals surface area contributed by atoms with E-state index in [1.54, 1.807) is 54.0 Å². The number of ether oxygens (including phenoxy) is 1. The zero-order valence-corrected chi connectivity index (χ0v) is 17.8. The lowest BCUT2D eigenvalue weighted by Crippen LogP contribution is -2.58. The Labute approximate surface area is 188 Å². The maximum Gasteiger partial charge on any atom is 0.410 e. The molecule has 1 aliphatic heterocycles. The molecule has 33 heavy (non-hydrogen) atoms. The lowest BCUT2D eigenvalue weighted by atomic mass is 9.88. The van der Waals surface area contributed by atoms with E-state index in [9.17, 15) is 19.4 Å². The summed E-state index contributed by atoms with van der Waals surface area (Å²) in [5.41, 5.74) is -0.709. The Morgan fingerprint density at radius 3 is 2.91 bits per heavy atom. The molecular weight excluding hydrogens is 429 g/mol. The molecule has 0 spiro atoms. The highest BCUT2D eigenvalue weighted by atomic mass is 19.1. The van der Waals surface area contributed by atoms with Crippen LogP contribution in [0.5, 0.6) is 5.75 Å². The number of fused-ring (bicyclic) bond motifs is 2. The SMILES string of the molecule is CC1(Oc2cc(F)cc3cccnc23)C(c2nnc3ccccn23)C(O)CCCN1C(=O)O. The number of aliphatic hydroxyl groups is 1. The molecule has 4 heterocycles. The Morgan fingerprint density at radius 2 is 2.09 bits per heavy atom. The summed E-state index contributed by atoms with van der Waals surface area (Å²) in [4.78, 5) is 17.8. The number of aliphatic hydroxyl groups excluding tert-OH is 1. The van der Waals surface area contributed by atoms with E-state index < -0.39 is 29.7 Å². The van der Waals surface area contributed by atoms with Gasteiger partial charge in [0.2, 0.25) is 0 Å². The van der Waals surface area contributed by atoms with Crippen LogP contribution in [-0.2, 0) is 0 Å². The number of hydrogen-bond acceptors (Lipinski definition) is 6. The van der Waals surface area contributed by atoms with Gasteiger partial charge >= 0.3 is 6.09 Å². The summed E-state index contributed by atoms with van der Waals surface area (Å²) < 4.78 is 22.5. The van der Waals surface area contributed by atoms with Gasteiger partial charge in [0.05, 0.1) is 6.10 Å². The molecule has 5 rings (SSSR count). The van der Waals surface area contributed by atoms with Crippen molar-refractivity contribution < 1.29 is 24.1 Å². The number of likely N-dealkylation sites (tertiary alicyclic amines) is 1. The zero-order chi connectivity index (χ0) is 23.2. The Balaban J connectivity index is 1.72. The molecule has 0 bridgehead atoms. The molecule has 3 aromatic heterocycles. The lowest BCUT2D eigenvalue weighted by molar-refractivity contribution is -0.0922. The molecule has 1 amide bonds. The molecule has 10 heteroatoms. The van der Waals surface area contributed by atoms with E-state index in [1.165, 1.54) is 12.1 Å². The van der Waals surface area contributed by atoms with Crippen LogP contribution in [0.1, 0.15) is 31.5 Å². The number of carbonyl (C=O) groups is 1. The molecule has 3 unspecified atom stereocenters. The first kappa shape index (κ1) is 21.1. The standard InChI is InChI=1S/C23H22FN5O4/c1-23(33-17-13-15(24)12-14-6-4-9-25-20(14)17)19(16(30)7-5-11-29(23)22(31)32)21-27-26-18-8-2-3-10-28(18)21/h2-4,6,8-10,12-13,16,19,30H,5,7,11H2,1H3,(H,31,32). The van der Waals surface area contributed by atoms with Crippen molar-refractivity contribution in [1.29, 1.82) is 0 Å². The first-order chi connectivity index (χ1) is 15.9. The average molecular weight is 451 g/mol. The van der Waals surface area contributed by atoms with Gasteiger partial charge in [-0.15, -0.1) is 10.2 Å². The molecule has 2 N–H and O–H groups in total. The number of halogens is 1. The lowest BCUT2D eigenvalue weighted by Gasteiger charge is -2.43. The predicted octanol–water partition coefficient (Wildman–Crippen LogP) is 3.43. The first-order valence-electron chi connectivity index (χ1n) is 10.6. The topological polar surface area (TPSA) is 113 Å². The smallest absolute Gasteiger partial charge is 0.410 e. The van der Waals surface area contributed by atoms with Gasteiger partial charge in [0.25, 0.3) is 0 Å². The maximum atomic E-state index is 14.5. The van der Waals surface area contributed by atoms with Crippen molar-refractivity contribution >= 4 is 22.6 Å². The Hall–Kier alpha value is -3.79. The van der Waals surface area contributed by atoms with Crippen LogP contribution in [0, 0.1) is 5.82 Å². The van der Waals surface area contributed by atoms with E-state index in [-0.39, 0.29) is 12.3 Å². The molecule has 170 valence electrons. The molecule has 1 fully saturated rings. The minimum absolute atomic E-state index is 0.0762. The molecule has 9 nitrogen and oxygen atoms in total. The van der Waals surface area contributed by atoms with E-state index in [0.29, 0.717) is 35.2 Å². The molecule has 0 radical (unpaired) electrons. The van der Waals surface area contributed by atoms with Gasteiger partial charge in [0, 0.05) is 30.4 Å². The number of aromatic nitrogens is 4. The quantitative estimate of drug-likeness (QED) is 0.491. The van der Waals surface area contributed by atoms with E-state index in [4.69, 9.17) is 4.74 Å². The fraction of sp³-hybridized carbons (Fsp3) is 0.304. The van der Waals surface area contributed by atoms with E-state index in [0.717, 1.165) is 4.90 Å². The van der Waals surface area contributed by atoms with Crippen molar-refractivity contribution in [3.05, 3.63) is 66.5 Å². The van der Waals surface area contributed by atoms with Gasteiger partial charge in [-0.05, 0) is 44.0 Å². The van der Waals surface area contributed by atoms with Crippen molar-refractivity contribution in [1.82, 2.24) is 24.5 Å². The van der Waals surface area contributed by atoms with E-state index >= 15 is 0 Å². The fourth-order valence-corrected chi connectivity index (χ4v) is 4.68. The van der Waals surface area contributed by atoms with Crippen molar-refractivity contribution in [3.63, 3.8) is 0 Å². The van der Waals surface area contributed by atoms with Gasteiger partial charge < -0.3 is 14.9 Å². The van der Waals surface area contributed by atoms with Crippen molar-refractivity contribution in [2.75, 3.05) is 6.54 Å². The van der Waals surface area contributed by atoms with E-state index in [2.05, 4.69) is 15.2 Å². The third-order valence-electron chi connectivity index (χ3n) is 6.18. The van der Waals surface area contributed by atoms with Crippen LogP contribution in [0.15, 0.2) is 54.9 Å². The van der Waals surface area contributed by atoms with Crippen molar-refractivity contribution in [3.8, 4) is 5.75 Å². The largest absolute Gasteiger partial charge is 0.465 e. The molecule has 1 aromatic carbocycles. The number of pyridine rings is 2. The van der Waals surface area contributed by atoms with Crippen LogP contribution in [0.2, 0.25) is 0 Å². The normalized spacial score (nSPS) is 23.5. The number of rotatable bonds is 3. The average Bonchev–Trinajstić information content (AvgIpc) is 3.14. The molecule has 3 atom stereocenters. The number of nitrogens with zero attached hydrogens (tertiary/aromatic N) is 5. The predicted molar refractivity (Wildman–Crippen MR) is 116 cm³/mol. The highest BCUT2D eigenvalue weighted by Crippen LogP contribution is 2.42. The monoisotopic (exact) mass is 451 g/mol. The molecule has 4 aromatic rings. The summed E-state index contributed by atoms with van der Waals surface area (Å²) >= 11 is 0. The minimum atomic E-state index is -1.64. The third-order valence-corrected chi connectivity index (χ3v) is 6.18. The number of benzene rings is 1. The third kappa shape index (κ3) is 3.52. The molecule has 0 aliphatic carbocycles. The fourth-order valence-electron chi connectivity index (χ4n) is 4.68. The second-order valence-electron chi connectivity index (χ2n) is 8.24. The Kier molecular flexibility index (Phi) is 5.09. The van der Waals surface area contributed by atoms with Crippen LogP contribution in [-0.4, -0.2) is 59.2 Å². The molecule has 0 saturated carbocycles. The summed E-state index contributed by atoms with van der Waals surface area (Å²) in [6, 6.07) is 11.2. The maximum absolute atomic E-state index is 14.5. The van der Waals surface area contributed by atoms with Crippen molar-refractivity contribution in [2.24, 2.45) is 0 Å². The summed E-state index contributed by atoms with van der Waals surface area (Å²) in [6.07, 6.45) is 1.83. The minimum Gasteiger partial charge on any atom is -0.465 e. The summed E-state index contributed by atoms with van der Waals surface area (Å²) in [5.74, 6) is -1.04. The van der Waals surface area contributed by atoms with Crippen LogP contribution in [0.4, 0.5) is 9.18 Å². The van der Waals surface area contributed by atoms with Gasteiger partial charge in [-0.25, -0.2) is 9.18 Å². The molecule has 1 aliphatic rings. The van der Waals surface area contributed by atoms with Gasteiger partial charge in [-0.3, -0.25) is 14.3 Å². The first-order valence-corrected chi connectivity index (χ1v) is 10.6. The second kappa shape index (κ2) is 7.96. The number of hydrogen-bond donors (Lipinski definition) is 2. The number of amides is 1. The van der Waals surface area contributed by atoms with Crippen LogP contribution >= 0.6 is 0 Å². The highest BCUT2D eigenvalue weighted by molar-refractivity contribution is 5.84. The molecule has 1 saturated heterocycles.